The molecule has 0 aliphatic carbocycles. The first-order valence-corrected chi connectivity index (χ1v) is 8.92. The molecule has 2 heteroatoms. The minimum atomic E-state index is 0.557. The van der Waals surface area contributed by atoms with Crippen LogP contribution in [0.4, 0.5) is 0 Å². The molecule has 0 radical (unpaired) electrons. The van der Waals surface area contributed by atoms with Gasteiger partial charge in [0.2, 0.25) is 0 Å². The zero-order valence-corrected chi connectivity index (χ0v) is 14.1. The van der Waals surface area contributed by atoms with E-state index in [1.54, 1.807) is 0 Å². The highest BCUT2D eigenvalue weighted by Crippen LogP contribution is 2.22. The molecule has 1 atom stereocenters. The summed E-state index contributed by atoms with van der Waals surface area (Å²) >= 11 is 0. The molecule has 2 nitrogen and oxygen atoms in total. The Morgan fingerprint density at radius 2 is 1.65 bits per heavy atom. The molecule has 2 aromatic carbocycles. The standard InChI is InChI=1S/C21H27NO/c1-2-20-11-7-4-8-16-22(20)23-21-14-12-19(13-15-21)17-18-9-5-3-6-10-18/h3,5-6,9-10,12-15,20H,2,4,7-8,11,16-17H2,1H3. The van der Waals surface area contributed by atoms with Gasteiger partial charge >= 0.3 is 0 Å². The molecular weight excluding hydrogens is 282 g/mol. The molecule has 1 saturated heterocycles. The van der Waals surface area contributed by atoms with Gasteiger partial charge in [-0.25, -0.2) is 0 Å². The van der Waals surface area contributed by atoms with Gasteiger partial charge in [0.1, 0.15) is 5.75 Å². The monoisotopic (exact) mass is 309 g/mol. The predicted octanol–water partition coefficient (Wildman–Crippen LogP) is 5.23. The van der Waals surface area contributed by atoms with Crippen molar-refractivity contribution in [1.29, 1.82) is 0 Å². The summed E-state index contributed by atoms with van der Waals surface area (Å²) in [5.41, 5.74) is 2.67. The second kappa shape index (κ2) is 8.16. The van der Waals surface area contributed by atoms with Crippen LogP contribution in [0.25, 0.3) is 0 Å². The van der Waals surface area contributed by atoms with E-state index < -0.39 is 0 Å². The van der Waals surface area contributed by atoms with Crippen molar-refractivity contribution >= 4 is 0 Å². The van der Waals surface area contributed by atoms with Crippen LogP contribution in [0.5, 0.6) is 5.75 Å². The van der Waals surface area contributed by atoms with E-state index in [-0.39, 0.29) is 0 Å². The van der Waals surface area contributed by atoms with Crippen molar-refractivity contribution < 1.29 is 4.84 Å². The first-order valence-electron chi connectivity index (χ1n) is 8.92. The highest BCUT2D eigenvalue weighted by molar-refractivity contribution is 5.31. The topological polar surface area (TPSA) is 12.5 Å². The van der Waals surface area contributed by atoms with E-state index in [0.717, 1.165) is 25.1 Å². The molecule has 1 aliphatic heterocycles. The summed E-state index contributed by atoms with van der Waals surface area (Å²) in [6, 6.07) is 19.7. The molecule has 0 amide bonds. The van der Waals surface area contributed by atoms with Gasteiger partial charge < -0.3 is 4.84 Å². The molecular formula is C21H27NO. The van der Waals surface area contributed by atoms with Crippen LogP contribution in [-0.4, -0.2) is 17.6 Å². The summed E-state index contributed by atoms with van der Waals surface area (Å²) in [7, 11) is 0. The summed E-state index contributed by atoms with van der Waals surface area (Å²) in [6.45, 7) is 3.31. The minimum Gasteiger partial charge on any atom is -0.406 e. The zero-order chi connectivity index (χ0) is 15.9. The zero-order valence-electron chi connectivity index (χ0n) is 14.1. The largest absolute Gasteiger partial charge is 0.406 e. The van der Waals surface area contributed by atoms with Gasteiger partial charge in [0.25, 0.3) is 0 Å². The third-order valence-corrected chi connectivity index (χ3v) is 4.69. The molecule has 0 N–H and O–H groups in total. The maximum absolute atomic E-state index is 6.18. The fourth-order valence-electron chi connectivity index (χ4n) is 3.31. The molecule has 1 unspecified atom stereocenters. The van der Waals surface area contributed by atoms with Crippen LogP contribution < -0.4 is 4.84 Å². The lowest BCUT2D eigenvalue weighted by Crippen LogP contribution is -2.37. The summed E-state index contributed by atoms with van der Waals surface area (Å²) in [5.74, 6) is 0.960. The molecule has 3 rings (SSSR count). The minimum absolute atomic E-state index is 0.557. The van der Waals surface area contributed by atoms with E-state index >= 15 is 0 Å². The van der Waals surface area contributed by atoms with E-state index in [1.807, 2.05) is 0 Å². The van der Waals surface area contributed by atoms with Gasteiger partial charge in [-0.15, -0.1) is 5.06 Å². The highest BCUT2D eigenvalue weighted by atomic mass is 16.7. The van der Waals surface area contributed by atoms with Crippen LogP contribution in [0.1, 0.15) is 50.2 Å². The van der Waals surface area contributed by atoms with Crippen molar-refractivity contribution in [1.82, 2.24) is 5.06 Å². The van der Waals surface area contributed by atoms with Crippen LogP contribution in [0.3, 0.4) is 0 Å². The number of benzene rings is 2. The number of nitrogens with zero attached hydrogens (tertiary/aromatic N) is 1. The van der Waals surface area contributed by atoms with Crippen LogP contribution in [0, 0.1) is 0 Å². The van der Waals surface area contributed by atoms with Gasteiger partial charge in [-0.1, -0.05) is 62.2 Å². The van der Waals surface area contributed by atoms with E-state index in [0.29, 0.717) is 6.04 Å². The lowest BCUT2D eigenvalue weighted by molar-refractivity contribution is -0.0943. The molecule has 2 aromatic rings. The van der Waals surface area contributed by atoms with Gasteiger partial charge in [0.05, 0.1) is 0 Å². The van der Waals surface area contributed by atoms with Crippen molar-refractivity contribution in [3.05, 3.63) is 65.7 Å². The van der Waals surface area contributed by atoms with Gasteiger partial charge in [0.15, 0.2) is 0 Å². The molecule has 1 aliphatic rings. The van der Waals surface area contributed by atoms with Crippen molar-refractivity contribution in [2.24, 2.45) is 0 Å². The van der Waals surface area contributed by atoms with Crippen LogP contribution in [0.2, 0.25) is 0 Å². The molecule has 0 aromatic heterocycles. The Bertz CT molecular complexity index is 579. The smallest absolute Gasteiger partial charge is 0.147 e. The number of hydroxylamine groups is 2. The third kappa shape index (κ3) is 4.59. The maximum Gasteiger partial charge on any atom is 0.147 e. The van der Waals surface area contributed by atoms with Crippen LogP contribution >= 0.6 is 0 Å². The highest BCUT2D eigenvalue weighted by Gasteiger charge is 2.21. The Morgan fingerprint density at radius 3 is 2.39 bits per heavy atom. The average molecular weight is 309 g/mol. The second-order valence-corrected chi connectivity index (χ2v) is 6.45. The molecule has 1 fully saturated rings. The number of hydrogen-bond donors (Lipinski definition) is 0. The lowest BCUT2D eigenvalue weighted by atomic mass is 10.1. The fourth-order valence-corrected chi connectivity index (χ4v) is 3.31. The Labute approximate surface area is 140 Å². The molecule has 0 bridgehead atoms. The van der Waals surface area contributed by atoms with E-state index in [9.17, 15) is 0 Å². The predicted molar refractivity (Wildman–Crippen MR) is 95.6 cm³/mol. The summed E-state index contributed by atoms with van der Waals surface area (Å²) in [5, 5.41) is 2.21. The average Bonchev–Trinajstić information content (AvgIpc) is 2.82. The van der Waals surface area contributed by atoms with Crippen molar-refractivity contribution in [2.45, 2.75) is 51.5 Å². The van der Waals surface area contributed by atoms with E-state index in [4.69, 9.17) is 4.84 Å². The maximum atomic E-state index is 6.18. The van der Waals surface area contributed by atoms with Crippen molar-refractivity contribution in [3.8, 4) is 5.75 Å². The number of hydrogen-bond acceptors (Lipinski definition) is 2. The lowest BCUT2D eigenvalue weighted by Gasteiger charge is -2.28. The van der Waals surface area contributed by atoms with Crippen molar-refractivity contribution in [2.75, 3.05) is 6.54 Å². The first kappa shape index (κ1) is 16.1. The molecule has 1 heterocycles. The molecule has 23 heavy (non-hydrogen) atoms. The normalized spacial score (nSPS) is 19.3. The Hall–Kier alpha value is -1.80. The second-order valence-electron chi connectivity index (χ2n) is 6.45. The van der Waals surface area contributed by atoms with Crippen LogP contribution in [-0.2, 0) is 6.42 Å². The third-order valence-electron chi connectivity index (χ3n) is 4.69. The SMILES string of the molecule is CCC1CCCCCN1Oc1ccc(Cc2ccccc2)cc1. The van der Waals surface area contributed by atoms with Gasteiger partial charge in [0, 0.05) is 12.6 Å². The number of rotatable bonds is 5. The summed E-state index contributed by atoms with van der Waals surface area (Å²) < 4.78 is 0. The van der Waals surface area contributed by atoms with Crippen molar-refractivity contribution in [3.63, 3.8) is 0 Å². The summed E-state index contributed by atoms with van der Waals surface area (Å²) in [4.78, 5) is 6.18. The fraction of sp³-hybridized carbons (Fsp3) is 0.429. The molecule has 0 saturated carbocycles. The Kier molecular flexibility index (Phi) is 5.71. The quantitative estimate of drug-likeness (QED) is 0.750. The summed E-state index contributed by atoms with van der Waals surface area (Å²) in [6.07, 6.45) is 7.28. The molecule has 0 spiro atoms. The Morgan fingerprint density at radius 1 is 0.913 bits per heavy atom. The van der Waals surface area contributed by atoms with E-state index in [2.05, 4.69) is 66.6 Å². The van der Waals surface area contributed by atoms with Gasteiger partial charge in [-0.05, 0) is 48.9 Å². The van der Waals surface area contributed by atoms with E-state index in [1.165, 1.54) is 36.8 Å². The first-order chi connectivity index (χ1) is 11.3. The Balaban J connectivity index is 1.62. The van der Waals surface area contributed by atoms with Gasteiger partial charge in [-0.3, -0.25) is 0 Å². The van der Waals surface area contributed by atoms with Gasteiger partial charge in [-0.2, -0.15) is 0 Å². The molecule has 122 valence electrons. The van der Waals surface area contributed by atoms with Crippen LogP contribution in [0.15, 0.2) is 54.6 Å².